The van der Waals surface area contributed by atoms with Crippen molar-refractivity contribution in [2.45, 2.75) is 20.8 Å². The van der Waals surface area contributed by atoms with E-state index in [2.05, 4.69) is 21.0 Å². The molecule has 3 aromatic carbocycles. The standard InChI is InChI=1S/C27H25BrN2O3/c1-18-8-7-9-19(2)26(18)33-15-14-32-25-13-12-22(28)16-21(25)17-24-20(3)29-30(27(24)31)23-10-5-4-6-11-23/h4-13,16-17H,14-15H2,1-3H3. The monoisotopic (exact) mass is 504 g/mol. The molecule has 168 valence electrons. The second kappa shape index (κ2) is 10.0. The number of hydrogen-bond acceptors (Lipinski definition) is 4. The summed E-state index contributed by atoms with van der Waals surface area (Å²) in [6.07, 6.45) is 1.83. The summed E-state index contributed by atoms with van der Waals surface area (Å²) in [6.45, 7) is 6.69. The van der Waals surface area contributed by atoms with Crippen LogP contribution in [-0.4, -0.2) is 24.8 Å². The molecule has 0 spiro atoms. The lowest BCUT2D eigenvalue weighted by atomic mass is 10.1. The molecule has 3 aromatic rings. The lowest BCUT2D eigenvalue weighted by Crippen LogP contribution is -2.21. The Kier molecular flexibility index (Phi) is 6.94. The van der Waals surface area contributed by atoms with E-state index in [4.69, 9.17) is 9.47 Å². The number of anilines is 1. The number of para-hydroxylation sites is 2. The van der Waals surface area contributed by atoms with Gasteiger partial charge in [-0.2, -0.15) is 10.1 Å². The van der Waals surface area contributed by atoms with Crippen LogP contribution < -0.4 is 14.5 Å². The summed E-state index contributed by atoms with van der Waals surface area (Å²) in [5.74, 6) is 1.40. The molecular weight excluding hydrogens is 480 g/mol. The average Bonchev–Trinajstić information content (AvgIpc) is 3.08. The highest BCUT2D eigenvalue weighted by Crippen LogP contribution is 2.30. The van der Waals surface area contributed by atoms with Gasteiger partial charge in [0, 0.05) is 10.0 Å². The molecule has 0 aromatic heterocycles. The summed E-state index contributed by atoms with van der Waals surface area (Å²) in [7, 11) is 0. The Labute approximate surface area is 202 Å². The molecule has 0 radical (unpaired) electrons. The highest BCUT2D eigenvalue weighted by Gasteiger charge is 2.28. The molecule has 33 heavy (non-hydrogen) atoms. The SMILES string of the molecule is CC1=NN(c2ccccc2)C(=O)C1=Cc1cc(Br)ccc1OCCOc1c(C)cccc1C. The summed E-state index contributed by atoms with van der Waals surface area (Å²) in [5, 5.41) is 5.88. The van der Waals surface area contributed by atoms with Crippen molar-refractivity contribution in [3.8, 4) is 11.5 Å². The fourth-order valence-corrected chi connectivity index (χ4v) is 4.05. The third-order valence-corrected chi connectivity index (χ3v) is 5.82. The summed E-state index contributed by atoms with van der Waals surface area (Å²) in [6, 6.07) is 21.2. The molecule has 0 aliphatic carbocycles. The quantitative estimate of drug-likeness (QED) is 0.279. The maximum atomic E-state index is 13.1. The van der Waals surface area contributed by atoms with Crippen molar-refractivity contribution in [3.63, 3.8) is 0 Å². The van der Waals surface area contributed by atoms with Crippen molar-refractivity contribution >= 4 is 39.3 Å². The van der Waals surface area contributed by atoms with E-state index in [0.717, 1.165) is 32.6 Å². The Bertz CT molecular complexity index is 1220. The summed E-state index contributed by atoms with van der Waals surface area (Å²) in [5.41, 5.74) is 4.92. The zero-order valence-electron chi connectivity index (χ0n) is 18.8. The molecule has 0 bridgehead atoms. The zero-order valence-corrected chi connectivity index (χ0v) is 20.4. The second-order valence-electron chi connectivity index (χ2n) is 7.80. The largest absolute Gasteiger partial charge is 0.489 e. The first-order valence-electron chi connectivity index (χ1n) is 10.7. The van der Waals surface area contributed by atoms with E-state index in [0.29, 0.717) is 30.2 Å². The summed E-state index contributed by atoms with van der Waals surface area (Å²) in [4.78, 5) is 13.1. The van der Waals surface area contributed by atoms with Gasteiger partial charge < -0.3 is 9.47 Å². The number of hydrazone groups is 1. The van der Waals surface area contributed by atoms with Gasteiger partial charge in [0.1, 0.15) is 24.7 Å². The molecule has 5 nitrogen and oxygen atoms in total. The molecule has 0 atom stereocenters. The molecule has 6 heteroatoms. The number of rotatable bonds is 7. The van der Waals surface area contributed by atoms with Gasteiger partial charge in [-0.25, -0.2) is 0 Å². The lowest BCUT2D eigenvalue weighted by Gasteiger charge is -2.14. The first kappa shape index (κ1) is 22.8. The molecule has 1 heterocycles. The van der Waals surface area contributed by atoms with Crippen molar-refractivity contribution in [1.29, 1.82) is 0 Å². The van der Waals surface area contributed by atoms with Crippen LogP contribution in [0.4, 0.5) is 5.69 Å². The molecule has 0 N–H and O–H groups in total. The van der Waals surface area contributed by atoms with Crippen molar-refractivity contribution in [2.24, 2.45) is 5.10 Å². The molecule has 0 saturated heterocycles. The van der Waals surface area contributed by atoms with E-state index in [1.54, 1.807) is 0 Å². The van der Waals surface area contributed by atoms with Crippen LogP contribution >= 0.6 is 15.9 Å². The Hall–Kier alpha value is -3.38. The van der Waals surface area contributed by atoms with Crippen LogP contribution in [0.2, 0.25) is 0 Å². The minimum atomic E-state index is -0.164. The molecule has 1 aliphatic rings. The second-order valence-corrected chi connectivity index (χ2v) is 8.71. The number of halogens is 1. The molecule has 0 fully saturated rings. The fourth-order valence-electron chi connectivity index (χ4n) is 3.67. The van der Waals surface area contributed by atoms with Crippen molar-refractivity contribution < 1.29 is 14.3 Å². The number of nitrogens with zero attached hydrogens (tertiary/aromatic N) is 2. The van der Waals surface area contributed by atoms with Gasteiger partial charge in [0.25, 0.3) is 5.91 Å². The van der Waals surface area contributed by atoms with E-state index in [1.165, 1.54) is 5.01 Å². The Balaban J connectivity index is 1.50. The third-order valence-electron chi connectivity index (χ3n) is 5.33. The number of hydrogen-bond donors (Lipinski definition) is 0. The van der Waals surface area contributed by atoms with E-state index < -0.39 is 0 Å². The molecule has 0 saturated carbocycles. The minimum Gasteiger partial charge on any atom is -0.489 e. The highest BCUT2D eigenvalue weighted by molar-refractivity contribution is 9.10. The van der Waals surface area contributed by atoms with Gasteiger partial charge in [0.15, 0.2) is 0 Å². The lowest BCUT2D eigenvalue weighted by molar-refractivity contribution is -0.114. The Morgan fingerprint density at radius 2 is 1.61 bits per heavy atom. The average molecular weight is 505 g/mol. The van der Waals surface area contributed by atoms with Crippen LogP contribution in [0.15, 0.2) is 81.9 Å². The van der Waals surface area contributed by atoms with Crippen LogP contribution in [-0.2, 0) is 4.79 Å². The van der Waals surface area contributed by atoms with Crippen molar-refractivity contribution in [3.05, 3.63) is 93.5 Å². The molecular formula is C27H25BrN2O3. The van der Waals surface area contributed by atoms with Crippen molar-refractivity contribution in [1.82, 2.24) is 0 Å². The normalized spacial score (nSPS) is 14.5. The van der Waals surface area contributed by atoms with Gasteiger partial charge in [0.2, 0.25) is 0 Å². The number of amides is 1. The van der Waals surface area contributed by atoms with Gasteiger partial charge in [0.05, 0.1) is 17.0 Å². The van der Waals surface area contributed by atoms with E-state index in [1.807, 2.05) is 93.6 Å². The number of ether oxygens (including phenoxy) is 2. The summed E-state index contributed by atoms with van der Waals surface area (Å²) >= 11 is 3.52. The topological polar surface area (TPSA) is 51.1 Å². The number of aryl methyl sites for hydroxylation is 2. The van der Waals surface area contributed by atoms with E-state index in [9.17, 15) is 4.79 Å². The van der Waals surface area contributed by atoms with Crippen LogP contribution in [0, 0.1) is 13.8 Å². The fraction of sp³-hybridized carbons (Fsp3) is 0.185. The summed E-state index contributed by atoms with van der Waals surface area (Å²) < 4.78 is 12.9. The first-order valence-corrected chi connectivity index (χ1v) is 11.5. The molecule has 4 rings (SSSR count). The smallest absolute Gasteiger partial charge is 0.280 e. The van der Waals surface area contributed by atoms with Crippen LogP contribution in [0.25, 0.3) is 6.08 Å². The van der Waals surface area contributed by atoms with Gasteiger partial charge in [-0.15, -0.1) is 0 Å². The Morgan fingerprint density at radius 3 is 2.33 bits per heavy atom. The predicted octanol–water partition coefficient (Wildman–Crippen LogP) is 6.33. The highest BCUT2D eigenvalue weighted by atomic mass is 79.9. The zero-order chi connectivity index (χ0) is 23.4. The minimum absolute atomic E-state index is 0.164. The van der Waals surface area contributed by atoms with Crippen LogP contribution in [0.3, 0.4) is 0 Å². The molecule has 1 aliphatic heterocycles. The van der Waals surface area contributed by atoms with Gasteiger partial charge >= 0.3 is 0 Å². The predicted molar refractivity (Wildman–Crippen MR) is 136 cm³/mol. The number of carbonyl (C=O) groups excluding carboxylic acids is 1. The number of benzene rings is 3. The van der Waals surface area contributed by atoms with Crippen molar-refractivity contribution in [2.75, 3.05) is 18.2 Å². The first-order chi connectivity index (χ1) is 15.9. The molecule has 0 unspecified atom stereocenters. The maximum Gasteiger partial charge on any atom is 0.280 e. The maximum absolute atomic E-state index is 13.1. The Morgan fingerprint density at radius 1 is 0.909 bits per heavy atom. The van der Waals surface area contributed by atoms with Gasteiger partial charge in [-0.3, -0.25) is 4.79 Å². The van der Waals surface area contributed by atoms with Gasteiger partial charge in [-0.1, -0.05) is 52.3 Å². The molecule has 1 amide bonds. The van der Waals surface area contributed by atoms with Crippen LogP contribution in [0.5, 0.6) is 11.5 Å². The third kappa shape index (κ3) is 5.17. The van der Waals surface area contributed by atoms with Gasteiger partial charge in [-0.05, 0) is 68.3 Å². The number of carbonyl (C=O) groups is 1. The van der Waals surface area contributed by atoms with Crippen LogP contribution in [0.1, 0.15) is 23.6 Å². The van der Waals surface area contributed by atoms with E-state index in [-0.39, 0.29) is 5.91 Å². The van der Waals surface area contributed by atoms with E-state index >= 15 is 0 Å².